The van der Waals surface area contributed by atoms with E-state index in [9.17, 15) is 23.5 Å². The Kier molecular flexibility index (Phi) is 6.95. The zero-order valence-corrected chi connectivity index (χ0v) is 24.5. The van der Waals surface area contributed by atoms with Crippen molar-refractivity contribution in [2.75, 3.05) is 20.3 Å². The van der Waals surface area contributed by atoms with Gasteiger partial charge in [-0.25, -0.2) is 0 Å². The fraction of sp³-hybridized carbons (Fsp3) is 0.406. The molecular weight excluding hydrogens is 592 g/mol. The van der Waals surface area contributed by atoms with Gasteiger partial charge in [0.05, 0.1) is 30.5 Å². The molecule has 0 unspecified atom stereocenters. The van der Waals surface area contributed by atoms with Gasteiger partial charge in [0.25, 0.3) is 5.91 Å². The van der Waals surface area contributed by atoms with Crippen LogP contribution in [0.15, 0.2) is 48.7 Å². The van der Waals surface area contributed by atoms with E-state index in [4.69, 9.17) is 14.2 Å². The molecule has 3 aromatic rings. The number of nitrogens with zero attached hydrogens (tertiary/aromatic N) is 1. The molecule has 45 heavy (non-hydrogen) atoms. The predicted molar refractivity (Wildman–Crippen MR) is 153 cm³/mol. The first kappa shape index (κ1) is 29.1. The van der Waals surface area contributed by atoms with Crippen molar-refractivity contribution in [2.24, 2.45) is 5.92 Å². The van der Waals surface area contributed by atoms with E-state index in [2.05, 4.69) is 25.1 Å². The lowest BCUT2D eigenvalue weighted by atomic mass is 9.82. The van der Waals surface area contributed by atoms with Crippen LogP contribution in [0.4, 0.5) is 8.78 Å². The van der Waals surface area contributed by atoms with E-state index < -0.39 is 23.9 Å². The molecule has 7 rings (SSSR count). The van der Waals surface area contributed by atoms with Crippen molar-refractivity contribution in [3.63, 3.8) is 0 Å². The SMILES string of the molecule is COc1ccc2c(c1)O[C@@H](c1ccc(C(=O)NC[C@H]3C[C@H](O)C3)cn1)C[C@H]2NC(=O)[C@@]1(C)COc2cc3c(cc21)OC(F)(F)O3. The maximum absolute atomic E-state index is 13.9. The molecule has 1 aliphatic carbocycles. The number of aromatic nitrogens is 1. The smallest absolute Gasteiger partial charge is 0.497 e. The number of nitrogens with one attached hydrogen (secondary N) is 2. The van der Waals surface area contributed by atoms with E-state index in [1.54, 1.807) is 38.3 Å². The van der Waals surface area contributed by atoms with Gasteiger partial charge in [-0.05, 0) is 56.0 Å². The largest absolute Gasteiger partial charge is 0.586 e. The van der Waals surface area contributed by atoms with Crippen molar-refractivity contribution in [1.29, 1.82) is 0 Å². The summed E-state index contributed by atoms with van der Waals surface area (Å²) in [5.74, 6) is 0.649. The summed E-state index contributed by atoms with van der Waals surface area (Å²) in [7, 11) is 1.54. The Morgan fingerprint density at radius 2 is 1.82 bits per heavy atom. The number of aliphatic hydroxyl groups is 1. The van der Waals surface area contributed by atoms with Crippen LogP contribution in [0.25, 0.3) is 0 Å². The first-order valence-corrected chi connectivity index (χ1v) is 14.7. The fourth-order valence-electron chi connectivity index (χ4n) is 6.16. The Morgan fingerprint density at radius 1 is 1.04 bits per heavy atom. The van der Waals surface area contributed by atoms with Crippen molar-refractivity contribution in [3.8, 4) is 28.7 Å². The monoisotopic (exact) mass is 623 g/mol. The van der Waals surface area contributed by atoms with Gasteiger partial charge in [-0.15, -0.1) is 8.78 Å². The number of carbonyl (C=O) groups excluding carboxylic acids is 2. The van der Waals surface area contributed by atoms with Gasteiger partial charge in [-0.2, -0.15) is 0 Å². The second kappa shape index (κ2) is 10.8. The van der Waals surface area contributed by atoms with Crippen LogP contribution in [0.3, 0.4) is 0 Å². The quantitative estimate of drug-likeness (QED) is 0.357. The number of aliphatic hydroxyl groups excluding tert-OH is 1. The zero-order chi connectivity index (χ0) is 31.5. The minimum Gasteiger partial charge on any atom is -0.497 e. The number of carbonyl (C=O) groups is 2. The number of rotatable bonds is 7. The summed E-state index contributed by atoms with van der Waals surface area (Å²) in [4.78, 5) is 31.1. The first-order chi connectivity index (χ1) is 21.5. The lowest BCUT2D eigenvalue weighted by Crippen LogP contribution is -2.46. The van der Waals surface area contributed by atoms with E-state index in [1.807, 2.05) is 6.07 Å². The Morgan fingerprint density at radius 3 is 2.53 bits per heavy atom. The van der Waals surface area contributed by atoms with E-state index >= 15 is 0 Å². The highest BCUT2D eigenvalue weighted by Crippen LogP contribution is 2.50. The van der Waals surface area contributed by atoms with Gasteiger partial charge in [0.15, 0.2) is 11.5 Å². The molecule has 3 N–H and O–H groups in total. The molecule has 4 heterocycles. The van der Waals surface area contributed by atoms with Gasteiger partial charge in [-0.1, -0.05) is 0 Å². The molecule has 1 saturated carbocycles. The molecule has 0 spiro atoms. The summed E-state index contributed by atoms with van der Waals surface area (Å²) in [5.41, 5.74) is 0.883. The van der Waals surface area contributed by atoms with Gasteiger partial charge < -0.3 is 39.4 Å². The molecule has 1 aromatic heterocycles. The maximum Gasteiger partial charge on any atom is 0.586 e. The molecule has 11 nitrogen and oxygen atoms in total. The molecule has 3 aliphatic heterocycles. The Balaban J connectivity index is 1.10. The lowest BCUT2D eigenvalue weighted by Gasteiger charge is -2.34. The third-order valence-corrected chi connectivity index (χ3v) is 8.88. The molecular formula is C32H31F2N3O8. The van der Waals surface area contributed by atoms with Crippen LogP contribution in [0.2, 0.25) is 0 Å². The number of alkyl halides is 2. The van der Waals surface area contributed by atoms with Crippen LogP contribution in [0.1, 0.15) is 65.5 Å². The summed E-state index contributed by atoms with van der Waals surface area (Å²) in [6, 6.07) is 10.9. The minimum atomic E-state index is -3.80. The number of halogens is 2. The average molecular weight is 624 g/mol. The molecule has 2 aromatic carbocycles. The molecule has 236 valence electrons. The van der Waals surface area contributed by atoms with E-state index in [-0.39, 0.29) is 47.7 Å². The maximum atomic E-state index is 13.9. The molecule has 13 heteroatoms. The van der Waals surface area contributed by atoms with Crippen molar-refractivity contribution in [3.05, 3.63) is 71.0 Å². The van der Waals surface area contributed by atoms with Gasteiger partial charge in [0, 0.05) is 42.4 Å². The summed E-state index contributed by atoms with van der Waals surface area (Å²) in [6.07, 6.45) is -1.47. The average Bonchev–Trinajstić information content (AvgIpc) is 3.51. The Hall–Kier alpha value is -4.65. The van der Waals surface area contributed by atoms with Gasteiger partial charge in [0.2, 0.25) is 5.91 Å². The summed E-state index contributed by atoms with van der Waals surface area (Å²) >= 11 is 0. The normalized spacial score (nSPS) is 26.8. The van der Waals surface area contributed by atoms with E-state index in [0.29, 0.717) is 54.1 Å². The number of fused-ring (bicyclic) bond motifs is 3. The number of amides is 2. The lowest BCUT2D eigenvalue weighted by molar-refractivity contribution is -0.286. The van der Waals surface area contributed by atoms with Crippen LogP contribution >= 0.6 is 0 Å². The number of hydrogen-bond donors (Lipinski definition) is 3. The van der Waals surface area contributed by atoms with Crippen LogP contribution in [0, 0.1) is 5.92 Å². The number of hydrogen-bond acceptors (Lipinski definition) is 9. The van der Waals surface area contributed by atoms with Crippen LogP contribution in [-0.2, 0) is 10.2 Å². The second-order valence-corrected chi connectivity index (χ2v) is 12.0. The van der Waals surface area contributed by atoms with Crippen LogP contribution in [-0.4, -0.2) is 54.6 Å². The van der Waals surface area contributed by atoms with Gasteiger partial charge >= 0.3 is 6.29 Å². The molecule has 1 fully saturated rings. The minimum absolute atomic E-state index is 0.0119. The number of pyridine rings is 1. The summed E-state index contributed by atoms with van der Waals surface area (Å²) in [5, 5.41) is 15.5. The molecule has 0 radical (unpaired) electrons. The van der Waals surface area contributed by atoms with E-state index in [0.717, 1.165) is 5.56 Å². The van der Waals surface area contributed by atoms with Crippen LogP contribution in [0.5, 0.6) is 28.7 Å². The highest BCUT2D eigenvalue weighted by molar-refractivity contribution is 5.94. The van der Waals surface area contributed by atoms with Gasteiger partial charge in [0.1, 0.15) is 35.4 Å². The van der Waals surface area contributed by atoms with Crippen molar-refractivity contribution in [1.82, 2.24) is 15.6 Å². The highest BCUT2D eigenvalue weighted by atomic mass is 19.3. The van der Waals surface area contributed by atoms with Gasteiger partial charge in [-0.3, -0.25) is 14.6 Å². The zero-order valence-electron chi connectivity index (χ0n) is 24.5. The van der Waals surface area contributed by atoms with E-state index in [1.165, 1.54) is 18.3 Å². The summed E-state index contributed by atoms with van der Waals surface area (Å²) in [6.45, 7) is 2.16. The molecule has 3 atom stereocenters. The topological polar surface area (TPSA) is 137 Å². The third kappa shape index (κ3) is 5.34. The molecule has 2 amide bonds. The summed E-state index contributed by atoms with van der Waals surface area (Å²) < 4.78 is 54.0. The number of ether oxygens (including phenoxy) is 5. The predicted octanol–water partition coefficient (Wildman–Crippen LogP) is 3.94. The highest BCUT2D eigenvalue weighted by Gasteiger charge is 2.49. The fourth-order valence-corrected chi connectivity index (χ4v) is 6.16. The molecule has 4 aliphatic rings. The number of benzene rings is 2. The van der Waals surface area contributed by atoms with Crippen LogP contribution < -0.4 is 34.3 Å². The second-order valence-electron chi connectivity index (χ2n) is 12.0. The molecule has 0 bridgehead atoms. The van der Waals surface area contributed by atoms with Crippen molar-refractivity contribution < 1.29 is 47.2 Å². The Bertz CT molecular complexity index is 1660. The molecule has 0 saturated heterocycles. The number of methoxy groups -OCH3 is 1. The van der Waals surface area contributed by atoms with Crippen molar-refractivity contribution >= 4 is 11.8 Å². The third-order valence-electron chi connectivity index (χ3n) is 8.88. The standard InChI is InChI=1S/C32H31F2N3O8/c1-31(15-42-25-12-28-27(10-21(25)31)44-32(33,34)45-28)30(40)37-23-11-26(43-24-9-19(41-2)4-5-20(23)24)22-6-3-17(14-35-22)29(39)36-13-16-7-18(38)8-16/h3-6,9-10,12,14,16,18,23,26,38H,7-8,11,13,15H2,1-2H3,(H,36,39)(H,37,40)/t16-,18-,23-,26-,31+/m1/s1. The first-order valence-electron chi connectivity index (χ1n) is 14.7. The van der Waals surface area contributed by atoms with Crippen molar-refractivity contribution in [2.45, 2.75) is 56.1 Å². The Labute approximate surface area is 256 Å².